The maximum atomic E-state index is 13.5. The van der Waals surface area contributed by atoms with Crippen LogP contribution in [0.3, 0.4) is 0 Å². The van der Waals surface area contributed by atoms with Gasteiger partial charge in [0.15, 0.2) is 0 Å². The van der Waals surface area contributed by atoms with Crippen LogP contribution in [0.2, 0.25) is 0 Å². The normalized spacial score (nSPS) is 18.2. The summed E-state index contributed by atoms with van der Waals surface area (Å²) in [6, 6.07) is 15.3. The monoisotopic (exact) mass is 413 g/mol. The number of esters is 1. The maximum absolute atomic E-state index is 13.5. The van der Waals surface area contributed by atoms with E-state index in [0.29, 0.717) is 18.5 Å². The molecule has 0 spiro atoms. The van der Waals surface area contributed by atoms with Gasteiger partial charge in [-0.25, -0.2) is 13.2 Å². The zero-order valence-electron chi connectivity index (χ0n) is 17.3. The van der Waals surface area contributed by atoms with Gasteiger partial charge in [0.05, 0.1) is 16.5 Å². The minimum Gasteiger partial charge on any atom is -0.457 e. The van der Waals surface area contributed by atoms with Gasteiger partial charge >= 0.3 is 5.97 Å². The van der Waals surface area contributed by atoms with Gasteiger partial charge in [-0.1, -0.05) is 54.1 Å². The summed E-state index contributed by atoms with van der Waals surface area (Å²) in [5.41, 5.74) is 1.40. The molecular formula is C23H27NO4S. The van der Waals surface area contributed by atoms with Crippen LogP contribution in [0.15, 0.2) is 71.1 Å². The maximum Gasteiger partial charge on any atom is 0.336 e. The van der Waals surface area contributed by atoms with Gasteiger partial charge in [0.2, 0.25) is 10.0 Å². The van der Waals surface area contributed by atoms with Crippen LogP contribution >= 0.6 is 0 Å². The molecule has 2 aromatic rings. The molecule has 0 saturated heterocycles. The molecule has 29 heavy (non-hydrogen) atoms. The minimum atomic E-state index is -3.80. The first kappa shape index (κ1) is 21.3. The molecule has 0 aliphatic carbocycles. The minimum absolute atomic E-state index is 0.217. The van der Waals surface area contributed by atoms with Crippen LogP contribution in [0.25, 0.3) is 0 Å². The average Bonchev–Trinajstić information content (AvgIpc) is 2.67. The third kappa shape index (κ3) is 4.77. The molecule has 1 atom stereocenters. The van der Waals surface area contributed by atoms with Crippen molar-refractivity contribution >= 4 is 16.0 Å². The highest BCUT2D eigenvalue weighted by atomic mass is 32.2. The fourth-order valence-corrected chi connectivity index (χ4v) is 4.97. The summed E-state index contributed by atoms with van der Waals surface area (Å²) in [5.74, 6) is -0.491. The second kappa shape index (κ2) is 8.13. The van der Waals surface area contributed by atoms with Gasteiger partial charge in [0, 0.05) is 6.54 Å². The van der Waals surface area contributed by atoms with Crippen LogP contribution in [0.5, 0.6) is 0 Å². The number of carbonyl (C=O) groups is 1. The zero-order valence-corrected chi connectivity index (χ0v) is 18.1. The van der Waals surface area contributed by atoms with Crippen molar-refractivity contribution in [2.24, 2.45) is 0 Å². The highest BCUT2D eigenvalue weighted by Gasteiger charge is 2.40. The third-order valence-electron chi connectivity index (χ3n) is 4.67. The smallest absolute Gasteiger partial charge is 0.336 e. The summed E-state index contributed by atoms with van der Waals surface area (Å²) in [6.07, 6.45) is 2.25. The molecule has 1 heterocycles. The molecule has 0 radical (unpaired) electrons. The van der Waals surface area contributed by atoms with Crippen molar-refractivity contribution in [3.05, 3.63) is 77.4 Å². The van der Waals surface area contributed by atoms with E-state index >= 15 is 0 Å². The lowest BCUT2D eigenvalue weighted by atomic mass is 9.94. The third-order valence-corrected chi connectivity index (χ3v) is 6.55. The van der Waals surface area contributed by atoms with E-state index in [1.54, 1.807) is 51.1 Å². The number of hydrogen-bond acceptors (Lipinski definition) is 4. The number of ether oxygens (including phenoxy) is 1. The fourth-order valence-electron chi connectivity index (χ4n) is 3.36. The van der Waals surface area contributed by atoms with Gasteiger partial charge in [-0.3, -0.25) is 0 Å². The van der Waals surface area contributed by atoms with Crippen LogP contribution in [0.4, 0.5) is 0 Å². The van der Waals surface area contributed by atoms with E-state index in [1.165, 1.54) is 4.31 Å². The predicted molar refractivity (Wildman–Crippen MR) is 113 cm³/mol. The van der Waals surface area contributed by atoms with Gasteiger partial charge in [0.1, 0.15) is 5.60 Å². The molecular weight excluding hydrogens is 386 g/mol. The van der Waals surface area contributed by atoms with Crippen LogP contribution in [-0.4, -0.2) is 30.8 Å². The molecule has 1 aliphatic heterocycles. The number of sulfonamides is 1. The number of benzene rings is 2. The topological polar surface area (TPSA) is 63.7 Å². The van der Waals surface area contributed by atoms with Crippen molar-refractivity contribution in [3.8, 4) is 0 Å². The van der Waals surface area contributed by atoms with E-state index in [0.717, 1.165) is 11.1 Å². The zero-order chi connectivity index (χ0) is 21.2. The highest BCUT2D eigenvalue weighted by Crippen LogP contribution is 2.37. The van der Waals surface area contributed by atoms with Crippen molar-refractivity contribution in [1.29, 1.82) is 0 Å². The molecule has 0 amide bonds. The van der Waals surface area contributed by atoms with Crippen LogP contribution < -0.4 is 0 Å². The number of carbonyl (C=O) groups excluding carboxylic acids is 1. The summed E-state index contributed by atoms with van der Waals surface area (Å²) < 4.78 is 34.0. The average molecular weight is 414 g/mol. The number of aryl methyl sites for hydroxylation is 1. The lowest BCUT2D eigenvalue weighted by Gasteiger charge is -2.36. The molecule has 5 nitrogen and oxygen atoms in total. The van der Waals surface area contributed by atoms with E-state index in [4.69, 9.17) is 4.74 Å². The Kier molecular flexibility index (Phi) is 5.96. The molecule has 0 N–H and O–H groups in total. The van der Waals surface area contributed by atoms with Crippen LogP contribution in [0, 0.1) is 6.92 Å². The summed E-state index contributed by atoms with van der Waals surface area (Å²) in [6.45, 7) is 7.60. The number of nitrogens with zero attached hydrogens (tertiary/aromatic N) is 1. The standard InChI is InChI=1S/C23H27NO4S/c1-17-12-14-19(15-13-17)29(26,27)24-16-8-11-20(22(25)28-23(2,3)4)21(24)18-9-6-5-7-10-18/h5-7,9-15,21H,8,16H2,1-4H3/t21-/m0/s1. The summed E-state index contributed by atoms with van der Waals surface area (Å²) >= 11 is 0. The van der Waals surface area contributed by atoms with Crippen LogP contribution in [-0.2, 0) is 19.6 Å². The Bertz CT molecular complexity index is 1000. The molecule has 6 heteroatoms. The summed E-state index contributed by atoms with van der Waals surface area (Å²) in [5, 5.41) is 0. The molecule has 0 saturated carbocycles. The van der Waals surface area contributed by atoms with E-state index < -0.39 is 27.6 Å². The predicted octanol–water partition coefficient (Wildman–Crippen LogP) is 4.40. The largest absolute Gasteiger partial charge is 0.457 e. The Balaban J connectivity index is 2.08. The number of hydrogen-bond donors (Lipinski definition) is 0. The first-order chi connectivity index (χ1) is 13.6. The molecule has 2 aromatic carbocycles. The second-order valence-corrected chi connectivity index (χ2v) is 10.1. The van der Waals surface area contributed by atoms with Gasteiger partial charge < -0.3 is 4.74 Å². The van der Waals surface area contributed by atoms with Gasteiger partial charge in [-0.2, -0.15) is 4.31 Å². The quantitative estimate of drug-likeness (QED) is 0.697. The van der Waals surface area contributed by atoms with Gasteiger partial charge in [-0.15, -0.1) is 0 Å². The molecule has 0 bridgehead atoms. The van der Waals surface area contributed by atoms with Crippen molar-refractivity contribution < 1.29 is 17.9 Å². The molecule has 0 fully saturated rings. The Hall–Kier alpha value is -2.44. The van der Waals surface area contributed by atoms with E-state index in [9.17, 15) is 13.2 Å². The Morgan fingerprint density at radius 2 is 1.66 bits per heavy atom. The van der Waals surface area contributed by atoms with Crippen LogP contribution in [0.1, 0.15) is 44.4 Å². The summed E-state index contributed by atoms with van der Waals surface area (Å²) in [4.78, 5) is 13.2. The second-order valence-electron chi connectivity index (χ2n) is 8.19. The first-order valence-corrected chi connectivity index (χ1v) is 11.1. The molecule has 154 valence electrons. The lowest BCUT2D eigenvalue weighted by Crippen LogP contribution is -2.41. The fraction of sp³-hybridized carbons (Fsp3) is 0.348. The first-order valence-electron chi connectivity index (χ1n) is 9.66. The van der Waals surface area contributed by atoms with E-state index in [1.807, 2.05) is 37.3 Å². The van der Waals surface area contributed by atoms with Crippen molar-refractivity contribution in [2.45, 2.75) is 50.7 Å². The molecule has 0 aromatic heterocycles. The molecule has 3 rings (SSSR count). The Morgan fingerprint density at radius 1 is 1.03 bits per heavy atom. The van der Waals surface area contributed by atoms with Gasteiger partial charge in [0.25, 0.3) is 0 Å². The Labute approximate surface area is 173 Å². The Morgan fingerprint density at radius 3 is 2.24 bits per heavy atom. The summed E-state index contributed by atoms with van der Waals surface area (Å²) in [7, 11) is -3.80. The van der Waals surface area contributed by atoms with Crippen molar-refractivity contribution in [3.63, 3.8) is 0 Å². The van der Waals surface area contributed by atoms with E-state index in [-0.39, 0.29) is 4.90 Å². The molecule has 0 unspecified atom stereocenters. The van der Waals surface area contributed by atoms with E-state index in [2.05, 4.69) is 0 Å². The van der Waals surface area contributed by atoms with Gasteiger partial charge in [-0.05, 0) is 51.8 Å². The SMILES string of the molecule is Cc1ccc(S(=O)(=O)N2CCC=C(C(=O)OC(C)(C)C)[C@@H]2c2ccccc2)cc1. The number of rotatable bonds is 4. The highest BCUT2D eigenvalue weighted by molar-refractivity contribution is 7.89. The molecule has 1 aliphatic rings. The van der Waals surface area contributed by atoms with Crippen molar-refractivity contribution in [1.82, 2.24) is 4.31 Å². The van der Waals surface area contributed by atoms with Crippen molar-refractivity contribution in [2.75, 3.05) is 6.54 Å². The lowest BCUT2D eigenvalue weighted by molar-refractivity contribution is -0.150.